The molecule has 0 aromatic heterocycles. The second-order valence-corrected chi connectivity index (χ2v) is 6.19. The Bertz CT molecular complexity index is 268. The lowest BCUT2D eigenvalue weighted by Gasteiger charge is -2.28. The molecule has 2 heterocycles. The summed E-state index contributed by atoms with van der Waals surface area (Å²) in [6.07, 6.45) is 6.79. The van der Waals surface area contributed by atoms with Crippen molar-refractivity contribution in [3.63, 3.8) is 0 Å². The van der Waals surface area contributed by atoms with Gasteiger partial charge in [-0.25, -0.2) is 0 Å². The van der Waals surface area contributed by atoms with Crippen LogP contribution in [0, 0.1) is 5.92 Å². The van der Waals surface area contributed by atoms with E-state index in [1.165, 1.54) is 25.7 Å². The van der Waals surface area contributed by atoms with E-state index in [0.717, 1.165) is 25.9 Å². The Balaban J connectivity index is 1.59. The fraction of sp³-hybridized carbons (Fsp3) is 0.929. The zero-order valence-corrected chi connectivity index (χ0v) is 11.7. The van der Waals surface area contributed by atoms with Crippen LogP contribution in [0.4, 0.5) is 0 Å². The van der Waals surface area contributed by atoms with Crippen LogP contribution in [0.25, 0.3) is 0 Å². The highest BCUT2D eigenvalue weighted by atomic mass is 16.1. The minimum atomic E-state index is 0.250. The second-order valence-electron chi connectivity index (χ2n) is 6.19. The van der Waals surface area contributed by atoms with E-state index in [4.69, 9.17) is 0 Å². The number of carbonyl (C=O) groups is 1. The zero-order valence-electron chi connectivity index (χ0n) is 11.7. The molecular weight excluding hydrogens is 226 g/mol. The van der Waals surface area contributed by atoms with Gasteiger partial charge < -0.3 is 15.5 Å². The van der Waals surface area contributed by atoms with E-state index in [2.05, 4.69) is 29.6 Å². The van der Waals surface area contributed by atoms with Crippen molar-refractivity contribution in [1.82, 2.24) is 15.5 Å². The number of nitrogens with one attached hydrogen (secondary N) is 2. The maximum absolute atomic E-state index is 11.8. The highest BCUT2D eigenvalue weighted by molar-refractivity contribution is 5.76. The minimum absolute atomic E-state index is 0.250. The molecule has 4 nitrogen and oxygen atoms in total. The summed E-state index contributed by atoms with van der Waals surface area (Å²) in [4.78, 5) is 14.0. The second kappa shape index (κ2) is 6.53. The Morgan fingerprint density at radius 2 is 1.94 bits per heavy atom. The van der Waals surface area contributed by atoms with Crippen LogP contribution < -0.4 is 10.6 Å². The molecule has 1 amide bonds. The van der Waals surface area contributed by atoms with E-state index in [-0.39, 0.29) is 5.91 Å². The molecule has 0 aromatic carbocycles. The number of nitrogens with zero attached hydrogens (tertiary/aromatic N) is 1. The predicted molar refractivity (Wildman–Crippen MR) is 73.5 cm³/mol. The first-order valence-corrected chi connectivity index (χ1v) is 7.31. The monoisotopic (exact) mass is 253 g/mol. The van der Waals surface area contributed by atoms with Crippen LogP contribution in [-0.2, 0) is 4.79 Å². The van der Waals surface area contributed by atoms with Crippen molar-refractivity contribution >= 4 is 5.91 Å². The first-order valence-electron chi connectivity index (χ1n) is 7.31. The smallest absolute Gasteiger partial charge is 0.220 e. The summed E-state index contributed by atoms with van der Waals surface area (Å²) in [5.74, 6) is 0.859. The van der Waals surface area contributed by atoms with Gasteiger partial charge in [-0.3, -0.25) is 4.79 Å². The molecule has 104 valence electrons. The van der Waals surface area contributed by atoms with Gasteiger partial charge in [0.25, 0.3) is 0 Å². The Kier molecular flexibility index (Phi) is 5.01. The van der Waals surface area contributed by atoms with Gasteiger partial charge in [0.1, 0.15) is 0 Å². The maximum atomic E-state index is 11.8. The lowest BCUT2D eigenvalue weighted by atomic mass is 9.89. The Hall–Kier alpha value is -0.610. The zero-order chi connectivity index (χ0) is 13.0. The van der Waals surface area contributed by atoms with E-state index in [1.807, 2.05) is 0 Å². The molecule has 2 saturated heterocycles. The van der Waals surface area contributed by atoms with E-state index in [9.17, 15) is 4.79 Å². The molecule has 0 aliphatic carbocycles. The van der Waals surface area contributed by atoms with Crippen molar-refractivity contribution in [2.75, 3.05) is 27.2 Å². The fourth-order valence-electron chi connectivity index (χ4n) is 3.30. The third-order valence-corrected chi connectivity index (χ3v) is 4.15. The van der Waals surface area contributed by atoms with Gasteiger partial charge in [0.2, 0.25) is 5.91 Å². The molecule has 0 spiro atoms. The summed E-state index contributed by atoms with van der Waals surface area (Å²) in [5.41, 5.74) is 0. The van der Waals surface area contributed by atoms with E-state index in [0.29, 0.717) is 18.0 Å². The third-order valence-electron chi connectivity index (χ3n) is 4.15. The molecule has 18 heavy (non-hydrogen) atoms. The fourth-order valence-corrected chi connectivity index (χ4v) is 3.30. The topological polar surface area (TPSA) is 44.4 Å². The van der Waals surface area contributed by atoms with Crippen LogP contribution in [0.15, 0.2) is 0 Å². The molecule has 2 aliphatic heterocycles. The van der Waals surface area contributed by atoms with Gasteiger partial charge in [0.15, 0.2) is 0 Å². The largest absolute Gasteiger partial charge is 0.356 e. The van der Waals surface area contributed by atoms with Gasteiger partial charge in [0, 0.05) is 25.0 Å². The molecule has 2 fully saturated rings. The summed E-state index contributed by atoms with van der Waals surface area (Å²) < 4.78 is 0. The number of rotatable bonds is 6. The SMILES string of the molecule is CN(C)CCCNC(=O)CC1CC2CCC(C1)N2. The number of hydrogen-bond donors (Lipinski definition) is 2. The molecule has 2 unspecified atom stereocenters. The van der Waals surface area contributed by atoms with Crippen molar-refractivity contribution in [1.29, 1.82) is 0 Å². The summed E-state index contributed by atoms with van der Waals surface area (Å²) in [5, 5.41) is 6.67. The molecule has 0 radical (unpaired) electrons. The van der Waals surface area contributed by atoms with Crippen LogP contribution in [-0.4, -0.2) is 50.1 Å². The first kappa shape index (κ1) is 13.8. The molecule has 0 saturated carbocycles. The van der Waals surface area contributed by atoms with E-state index < -0.39 is 0 Å². The average Bonchev–Trinajstić information content (AvgIpc) is 2.64. The molecule has 2 N–H and O–H groups in total. The standard InChI is InChI=1S/C14H27N3O/c1-17(2)7-3-6-15-14(18)10-11-8-12-4-5-13(9-11)16-12/h11-13,16H,3-10H2,1-2H3,(H,15,18). The number of carbonyl (C=O) groups excluding carboxylic acids is 1. The van der Waals surface area contributed by atoms with Crippen molar-refractivity contribution in [2.45, 2.75) is 50.6 Å². The average molecular weight is 253 g/mol. The molecule has 0 aromatic rings. The molecular formula is C14H27N3O. The highest BCUT2D eigenvalue weighted by Gasteiger charge is 2.33. The quantitative estimate of drug-likeness (QED) is 0.694. The summed E-state index contributed by atoms with van der Waals surface area (Å²) in [6.45, 7) is 1.85. The Morgan fingerprint density at radius 1 is 1.28 bits per heavy atom. The summed E-state index contributed by atoms with van der Waals surface area (Å²) >= 11 is 0. The van der Waals surface area contributed by atoms with Gasteiger partial charge in [-0.15, -0.1) is 0 Å². The van der Waals surface area contributed by atoms with Crippen LogP contribution in [0.1, 0.15) is 38.5 Å². The van der Waals surface area contributed by atoms with Crippen LogP contribution >= 0.6 is 0 Å². The van der Waals surface area contributed by atoms with Gasteiger partial charge in [0.05, 0.1) is 0 Å². The molecule has 2 bridgehead atoms. The predicted octanol–water partition coefficient (Wildman–Crippen LogP) is 0.975. The van der Waals surface area contributed by atoms with Crippen molar-refractivity contribution in [3.8, 4) is 0 Å². The lowest BCUT2D eigenvalue weighted by Crippen LogP contribution is -2.39. The van der Waals surface area contributed by atoms with Crippen molar-refractivity contribution < 1.29 is 4.79 Å². The number of piperidine rings is 1. The number of fused-ring (bicyclic) bond motifs is 2. The molecule has 2 atom stereocenters. The lowest BCUT2D eigenvalue weighted by molar-refractivity contribution is -0.122. The summed E-state index contributed by atoms with van der Waals surface area (Å²) in [6, 6.07) is 1.38. The van der Waals surface area contributed by atoms with Gasteiger partial charge in [-0.2, -0.15) is 0 Å². The van der Waals surface area contributed by atoms with Gasteiger partial charge >= 0.3 is 0 Å². The maximum Gasteiger partial charge on any atom is 0.220 e. The van der Waals surface area contributed by atoms with Gasteiger partial charge in [-0.1, -0.05) is 0 Å². The molecule has 2 rings (SSSR count). The Morgan fingerprint density at radius 3 is 2.56 bits per heavy atom. The molecule has 2 aliphatic rings. The molecule has 4 heteroatoms. The van der Waals surface area contributed by atoms with E-state index >= 15 is 0 Å². The van der Waals surface area contributed by atoms with Crippen molar-refractivity contribution in [3.05, 3.63) is 0 Å². The van der Waals surface area contributed by atoms with Gasteiger partial charge in [-0.05, 0) is 58.7 Å². The number of amides is 1. The Labute approximate surface area is 110 Å². The normalized spacial score (nSPS) is 30.7. The minimum Gasteiger partial charge on any atom is -0.356 e. The van der Waals surface area contributed by atoms with Crippen LogP contribution in [0.3, 0.4) is 0 Å². The van der Waals surface area contributed by atoms with Crippen molar-refractivity contribution in [2.24, 2.45) is 5.92 Å². The van der Waals surface area contributed by atoms with E-state index in [1.54, 1.807) is 0 Å². The highest BCUT2D eigenvalue weighted by Crippen LogP contribution is 2.32. The van der Waals surface area contributed by atoms with Crippen LogP contribution in [0.2, 0.25) is 0 Å². The third kappa shape index (κ3) is 4.25. The summed E-state index contributed by atoms with van der Waals surface area (Å²) in [7, 11) is 4.12. The number of hydrogen-bond acceptors (Lipinski definition) is 3. The first-order chi connectivity index (χ1) is 8.63. The van der Waals surface area contributed by atoms with Crippen LogP contribution in [0.5, 0.6) is 0 Å².